The molecule has 0 spiro atoms. The van der Waals surface area contributed by atoms with Crippen molar-refractivity contribution in [3.05, 3.63) is 66.5 Å². The molecule has 5 aromatic rings. The number of fused-ring (bicyclic) bond motifs is 2. The van der Waals surface area contributed by atoms with E-state index in [1.807, 2.05) is 59.0 Å². The predicted octanol–water partition coefficient (Wildman–Crippen LogP) is 4.25. The van der Waals surface area contributed by atoms with Crippen molar-refractivity contribution in [2.45, 2.75) is 6.92 Å². The molecule has 7 nitrogen and oxygen atoms in total. The normalized spacial score (nSPS) is 14.5. The van der Waals surface area contributed by atoms with Gasteiger partial charge in [-0.25, -0.2) is 19.3 Å². The third kappa shape index (κ3) is 3.03. The van der Waals surface area contributed by atoms with E-state index in [0.717, 1.165) is 33.6 Å². The van der Waals surface area contributed by atoms with Crippen molar-refractivity contribution in [1.29, 1.82) is 0 Å². The van der Waals surface area contributed by atoms with E-state index in [1.165, 1.54) is 0 Å². The minimum Gasteiger partial charge on any atom is -0.378 e. The van der Waals surface area contributed by atoms with E-state index in [-0.39, 0.29) is 5.82 Å². The maximum absolute atomic E-state index is 15.1. The van der Waals surface area contributed by atoms with Crippen LogP contribution in [0.1, 0.15) is 5.82 Å². The Labute approximate surface area is 183 Å². The number of pyridine rings is 2. The number of ether oxygens (including phenoxy) is 1. The zero-order valence-electron chi connectivity index (χ0n) is 17.5. The number of aromatic nitrogens is 5. The molecular formula is C24H21FN6O. The van der Waals surface area contributed by atoms with Gasteiger partial charge in [0.1, 0.15) is 22.8 Å². The van der Waals surface area contributed by atoms with Gasteiger partial charge in [0.25, 0.3) is 0 Å². The van der Waals surface area contributed by atoms with Gasteiger partial charge in [-0.05, 0) is 43.3 Å². The quantitative estimate of drug-likeness (QED) is 0.465. The van der Waals surface area contributed by atoms with Crippen molar-refractivity contribution >= 4 is 27.9 Å². The van der Waals surface area contributed by atoms with E-state index in [0.29, 0.717) is 43.3 Å². The molecule has 1 aliphatic rings. The van der Waals surface area contributed by atoms with Crippen LogP contribution in [-0.4, -0.2) is 50.8 Å². The van der Waals surface area contributed by atoms with Gasteiger partial charge < -0.3 is 14.6 Å². The van der Waals surface area contributed by atoms with Crippen LogP contribution in [0.5, 0.6) is 0 Å². The highest BCUT2D eigenvalue weighted by atomic mass is 19.1. The Hall–Kier alpha value is -3.78. The molecule has 1 saturated heterocycles. The Morgan fingerprint density at radius 1 is 1.03 bits per heavy atom. The van der Waals surface area contributed by atoms with Gasteiger partial charge in [0.05, 0.1) is 30.3 Å². The summed E-state index contributed by atoms with van der Waals surface area (Å²) in [6, 6.07) is 13.2. The van der Waals surface area contributed by atoms with Crippen LogP contribution in [0.4, 0.5) is 10.1 Å². The second-order valence-corrected chi connectivity index (χ2v) is 7.87. The number of nitrogens with one attached hydrogen (secondary N) is 1. The zero-order chi connectivity index (χ0) is 21.7. The van der Waals surface area contributed by atoms with E-state index >= 15 is 4.39 Å². The van der Waals surface area contributed by atoms with Crippen LogP contribution < -0.4 is 4.90 Å². The fraction of sp³-hybridized carbons (Fsp3) is 0.208. The van der Waals surface area contributed by atoms with Gasteiger partial charge in [-0.15, -0.1) is 0 Å². The number of H-pyrrole nitrogens is 1. The van der Waals surface area contributed by atoms with Crippen LogP contribution in [0, 0.1) is 12.7 Å². The van der Waals surface area contributed by atoms with Crippen LogP contribution in [0.2, 0.25) is 0 Å². The number of halogens is 1. The average Bonchev–Trinajstić information content (AvgIpc) is 3.42. The van der Waals surface area contributed by atoms with Crippen LogP contribution in [0.3, 0.4) is 0 Å². The molecule has 0 saturated carbocycles. The topological polar surface area (TPSA) is 71.9 Å². The number of rotatable bonds is 3. The van der Waals surface area contributed by atoms with Crippen LogP contribution in [-0.2, 0) is 4.74 Å². The van der Waals surface area contributed by atoms with Gasteiger partial charge in [0.2, 0.25) is 0 Å². The van der Waals surface area contributed by atoms with Gasteiger partial charge in [0.15, 0.2) is 5.65 Å². The number of aromatic amines is 1. The molecule has 0 unspecified atom stereocenters. The Morgan fingerprint density at radius 3 is 2.75 bits per heavy atom. The molecule has 1 aromatic carbocycles. The Bertz CT molecular complexity index is 1450. The molecule has 32 heavy (non-hydrogen) atoms. The van der Waals surface area contributed by atoms with Gasteiger partial charge in [-0.2, -0.15) is 0 Å². The van der Waals surface area contributed by atoms with Crippen LogP contribution >= 0.6 is 0 Å². The van der Waals surface area contributed by atoms with Gasteiger partial charge in [-0.1, -0.05) is 0 Å². The summed E-state index contributed by atoms with van der Waals surface area (Å²) in [7, 11) is 0. The molecule has 0 radical (unpaired) electrons. The second kappa shape index (κ2) is 7.42. The maximum Gasteiger partial charge on any atom is 0.165 e. The highest BCUT2D eigenvalue weighted by Gasteiger charge is 2.18. The SMILES string of the molecule is Cc1nc2ccc(-c3ccnc4[nH]ccc34)nc2n1-c1ccc(N2CCOCC2)c(F)c1. The standard InChI is InChI=1S/C24H21FN6O/c1-15-28-21-4-3-20(17-6-8-26-23-18(17)7-9-27-23)29-24(21)31(15)16-2-5-22(19(25)14-16)30-10-12-32-13-11-30/h2-9,14H,10-13H2,1H3,(H,26,27). The average molecular weight is 428 g/mol. The lowest BCUT2D eigenvalue weighted by atomic mass is 10.1. The summed E-state index contributed by atoms with van der Waals surface area (Å²) in [5.41, 5.74) is 5.37. The predicted molar refractivity (Wildman–Crippen MR) is 122 cm³/mol. The molecule has 0 atom stereocenters. The number of hydrogen-bond donors (Lipinski definition) is 1. The number of morpholine rings is 1. The van der Waals surface area contributed by atoms with Crippen molar-refractivity contribution in [3.63, 3.8) is 0 Å². The lowest BCUT2D eigenvalue weighted by Crippen LogP contribution is -2.36. The molecule has 6 rings (SSSR count). The zero-order valence-corrected chi connectivity index (χ0v) is 17.5. The summed E-state index contributed by atoms with van der Waals surface area (Å²) in [4.78, 5) is 19.1. The van der Waals surface area contributed by atoms with E-state index in [4.69, 9.17) is 9.72 Å². The van der Waals surface area contributed by atoms with Gasteiger partial charge in [-0.3, -0.25) is 4.57 Å². The number of imidazole rings is 1. The Kier molecular flexibility index (Phi) is 4.39. The lowest BCUT2D eigenvalue weighted by molar-refractivity contribution is 0.122. The molecule has 0 aliphatic carbocycles. The summed E-state index contributed by atoms with van der Waals surface area (Å²) in [6.07, 6.45) is 3.63. The fourth-order valence-electron chi connectivity index (χ4n) is 4.41. The summed E-state index contributed by atoms with van der Waals surface area (Å²) >= 11 is 0. The van der Waals surface area contributed by atoms with Gasteiger partial charge in [0, 0.05) is 42.5 Å². The molecule has 8 heteroatoms. The molecular weight excluding hydrogens is 407 g/mol. The summed E-state index contributed by atoms with van der Waals surface area (Å²) < 4.78 is 22.4. The number of nitrogens with zero attached hydrogens (tertiary/aromatic N) is 5. The highest BCUT2D eigenvalue weighted by molar-refractivity contribution is 5.93. The monoisotopic (exact) mass is 428 g/mol. The number of aryl methyl sites for hydroxylation is 1. The first-order valence-electron chi connectivity index (χ1n) is 10.6. The molecule has 0 bridgehead atoms. The van der Waals surface area contributed by atoms with Gasteiger partial charge >= 0.3 is 0 Å². The number of benzene rings is 1. The van der Waals surface area contributed by atoms with Crippen molar-refractivity contribution in [1.82, 2.24) is 24.5 Å². The van der Waals surface area contributed by atoms with Crippen LogP contribution in [0.25, 0.3) is 39.1 Å². The van der Waals surface area contributed by atoms with Crippen molar-refractivity contribution in [2.24, 2.45) is 0 Å². The molecule has 0 amide bonds. The highest BCUT2D eigenvalue weighted by Crippen LogP contribution is 2.30. The minimum atomic E-state index is -0.259. The van der Waals surface area contributed by atoms with Crippen molar-refractivity contribution in [3.8, 4) is 16.9 Å². The first kappa shape index (κ1) is 18.9. The third-order valence-electron chi connectivity index (χ3n) is 5.95. The molecule has 160 valence electrons. The summed E-state index contributed by atoms with van der Waals surface area (Å²) in [5.74, 6) is 0.495. The minimum absolute atomic E-state index is 0.259. The fourth-order valence-corrected chi connectivity index (χ4v) is 4.41. The summed E-state index contributed by atoms with van der Waals surface area (Å²) in [5, 5.41) is 1.00. The Morgan fingerprint density at radius 2 is 1.91 bits per heavy atom. The molecule has 1 N–H and O–H groups in total. The molecule has 1 aliphatic heterocycles. The van der Waals surface area contributed by atoms with E-state index < -0.39 is 0 Å². The summed E-state index contributed by atoms with van der Waals surface area (Å²) in [6.45, 7) is 4.51. The first-order valence-corrected chi connectivity index (χ1v) is 10.6. The second-order valence-electron chi connectivity index (χ2n) is 7.87. The van der Waals surface area contributed by atoms with Crippen LogP contribution in [0.15, 0.2) is 54.9 Å². The lowest BCUT2D eigenvalue weighted by Gasteiger charge is -2.29. The molecule has 4 aromatic heterocycles. The molecule has 1 fully saturated rings. The van der Waals surface area contributed by atoms with Crippen molar-refractivity contribution < 1.29 is 9.13 Å². The van der Waals surface area contributed by atoms with Crippen molar-refractivity contribution in [2.75, 3.05) is 31.2 Å². The smallest absolute Gasteiger partial charge is 0.165 e. The number of anilines is 1. The third-order valence-corrected chi connectivity index (χ3v) is 5.95. The maximum atomic E-state index is 15.1. The van der Waals surface area contributed by atoms with E-state index in [1.54, 1.807) is 12.3 Å². The van der Waals surface area contributed by atoms with E-state index in [9.17, 15) is 0 Å². The van der Waals surface area contributed by atoms with E-state index in [2.05, 4.69) is 15.0 Å². The Balaban J connectivity index is 1.47. The first-order chi connectivity index (χ1) is 15.7. The molecule has 5 heterocycles. The largest absolute Gasteiger partial charge is 0.378 e. The number of hydrogen-bond acceptors (Lipinski definition) is 5.